The summed E-state index contributed by atoms with van der Waals surface area (Å²) in [6, 6.07) is 5.24. The second-order valence-corrected chi connectivity index (χ2v) is 8.46. The molecule has 0 amide bonds. The second-order valence-electron chi connectivity index (χ2n) is 8.05. The molecule has 1 aromatic heterocycles. The van der Waals surface area contributed by atoms with Gasteiger partial charge >= 0.3 is 5.97 Å². The second kappa shape index (κ2) is 9.52. The van der Waals surface area contributed by atoms with Gasteiger partial charge in [-0.25, -0.2) is 0 Å². The fraction of sp³-hybridized carbons (Fsp3) is 0.571. The first-order valence-electron chi connectivity index (χ1n) is 10.2. The summed E-state index contributed by atoms with van der Waals surface area (Å²) < 4.78 is 17.7. The largest absolute Gasteiger partial charge is 0.495 e. The number of hydrogen-bond donors (Lipinski definition) is 5. The van der Waals surface area contributed by atoms with Crippen LogP contribution in [0, 0.1) is 6.92 Å². The number of methoxy groups -OCH3 is 1. The third kappa shape index (κ3) is 4.58. The molecule has 32 heavy (non-hydrogen) atoms. The van der Waals surface area contributed by atoms with Crippen molar-refractivity contribution in [2.24, 2.45) is 0 Å². The number of benzene rings is 1. The van der Waals surface area contributed by atoms with E-state index in [0.29, 0.717) is 22.8 Å². The smallest absolute Gasteiger partial charge is 0.356 e. The highest BCUT2D eigenvalue weighted by molar-refractivity contribution is 6.32. The Hall–Kier alpha value is -1.92. The first-order valence-corrected chi connectivity index (χ1v) is 10.5. The number of hydrogen-bond acceptors (Lipinski definition) is 9. The Kier molecular flexibility index (Phi) is 7.35. The Morgan fingerprint density at radius 1 is 1.25 bits per heavy atom. The van der Waals surface area contributed by atoms with Crippen LogP contribution in [0.25, 0.3) is 0 Å². The first-order chi connectivity index (χ1) is 15.0. The van der Waals surface area contributed by atoms with E-state index in [0.717, 1.165) is 11.3 Å². The molecule has 3 rings (SSSR count). The van der Waals surface area contributed by atoms with E-state index in [1.54, 1.807) is 16.8 Å². The highest BCUT2D eigenvalue weighted by Crippen LogP contribution is 2.35. The van der Waals surface area contributed by atoms with E-state index in [1.807, 2.05) is 26.8 Å². The molecule has 1 aliphatic rings. The summed E-state index contributed by atoms with van der Waals surface area (Å²) in [6.45, 7) is 4.95. The Labute approximate surface area is 190 Å². The highest BCUT2D eigenvalue weighted by atomic mass is 35.5. The van der Waals surface area contributed by atoms with E-state index in [-0.39, 0.29) is 11.9 Å². The van der Waals surface area contributed by atoms with Crippen molar-refractivity contribution in [3.63, 3.8) is 0 Å². The van der Waals surface area contributed by atoms with E-state index >= 15 is 0 Å². The van der Waals surface area contributed by atoms with Gasteiger partial charge in [-0.05, 0) is 38.5 Å². The van der Waals surface area contributed by atoms with Gasteiger partial charge in [0.15, 0.2) is 6.10 Å². The molecular weight excluding hydrogens is 444 g/mol. The third-order valence-electron chi connectivity index (χ3n) is 5.49. The van der Waals surface area contributed by atoms with Gasteiger partial charge in [-0.2, -0.15) is 0 Å². The summed E-state index contributed by atoms with van der Waals surface area (Å²) in [5, 5.41) is 55.5. The molecular formula is C21H29ClN2O8. The lowest BCUT2D eigenvalue weighted by Gasteiger charge is -2.43. The molecule has 11 heteroatoms. The molecule has 1 aromatic carbocycles. The van der Waals surface area contributed by atoms with Crippen molar-refractivity contribution in [3.8, 4) is 11.6 Å². The number of halogens is 1. The Morgan fingerprint density at radius 2 is 1.94 bits per heavy atom. The standard InChI is InChI=1S/C21H29ClN2O8/c1-10(2)24-11(3)13(7-12-5-6-15(30-4)14(22)8-12)20(23-24)32-21(29)19(28)18(27)17(26)16(9-25)31-21/h5-6,8,10,16-19,25-29H,7,9H2,1-4H3/t16-,17-,18+,19-,21-/m1/s1. The predicted octanol–water partition coefficient (Wildman–Crippen LogP) is 0.524. The van der Waals surface area contributed by atoms with Crippen molar-refractivity contribution in [3.05, 3.63) is 40.0 Å². The molecule has 2 heterocycles. The number of aliphatic hydroxyl groups excluding tert-OH is 4. The quantitative estimate of drug-likeness (QED) is 0.364. The maximum Gasteiger partial charge on any atom is 0.356 e. The van der Waals surface area contributed by atoms with Crippen LogP contribution >= 0.6 is 11.6 Å². The van der Waals surface area contributed by atoms with Crippen LogP contribution in [0.3, 0.4) is 0 Å². The van der Waals surface area contributed by atoms with Crippen LogP contribution < -0.4 is 9.47 Å². The van der Waals surface area contributed by atoms with Crippen molar-refractivity contribution in [2.45, 2.75) is 63.6 Å². The summed E-state index contributed by atoms with van der Waals surface area (Å²) in [6.07, 6.45) is -6.51. The van der Waals surface area contributed by atoms with Gasteiger partial charge in [0.1, 0.15) is 24.1 Å². The predicted molar refractivity (Wildman–Crippen MR) is 114 cm³/mol. The number of nitrogens with zero attached hydrogens (tertiary/aromatic N) is 2. The van der Waals surface area contributed by atoms with Crippen molar-refractivity contribution in [1.82, 2.24) is 9.78 Å². The van der Waals surface area contributed by atoms with Crippen molar-refractivity contribution in [1.29, 1.82) is 0 Å². The minimum atomic E-state index is -2.75. The molecule has 0 saturated carbocycles. The van der Waals surface area contributed by atoms with Gasteiger partial charge in [0.2, 0.25) is 5.88 Å². The van der Waals surface area contributed by atoms with Crippen molar-refractivity contribution < 1.29 is 39.7 Å². The Morgan fingerprint density at radius 3 is 2.50 bits per heavy atom. The average Bonchev–Trinajstić information content (AvgIpc) is 3.05. The van der Waals surface area contributed by atoms with E-state index in [9.17, 15) is 25.5 Å². The SMILES string of the molecule is COc1ccc(Cc2c(O[C@]3(O)O[C@H](CO)[C@@H](O)[C@H](O)[C@H]3O)nn(C(C)C)c2C)cc1Cl. The minimum absolute atomic E-state index is 0.0371. The molecule has 0 aliphatic carbocycles. The Balaban J connectivity index is 1.99. The molecule has 1 aliphatic heterocycles. The molecule has 1 fully saturated rings. The van der Waals surface area contributed by atoms with Gasteiger partial charge < -0.3 is 39.7 Å². The minimum Gasteiger partial charge on any atom is -0.495 e. The van der Waals surface area contributed by atoms with E-state index in [4.69, 9.17) is 25.8 Å². The fourth-order valence-electron chi connectivity index (χ4n) is 3.69. The molecule has 10 nitrogen and oxygen atoms in total. The lowest BCUT2D eigenvalue weighted by Crippen LogP contribution is -2.67. The van der Waals surface area contributed by atoms with Gasteiger partial charge in [-0.3, -0.25) is 4.68 Å². The number of ether oxygens (including phenoxy) is 3. The molecule has 5 atom stereocenters. The molecule has 2 aromatic rings. The summed E-state index contributed by atoms with van der Waals surface area (Å²) in [5.41, 5.74) is 2.15. The number of rotatable bonds is 7. The van der Waals surface area contributed by atoms with Crippen molar-refractivity contribution in [2.75, 3.05) is 13.7 Å². The zero-order valence-electron chi connectivity index (χ0n) is 18.3. The van der Waals surface area contributed by atoms with Gasteiger partial charge in [-0.15, -0.1) is 5.10 Å². The van der Waals surface area contributed by atoms with Crippen LogP contribution in [-0.4, -0.2) is 79.4 Å². The third-order valence-corrected chi connectivity index (χ3v) is 5.79. The monoisotopic (exact) mass is 472 g/mol. The maximum atomic E-state index is 10.9. The number of aliphatic hydroxyl groups is 5. The lowest BCUT2D eigenvalue weighted by molar-refractivity contribution is -0.423. The lowest BCUT2D eigenvalue weighted by atomic mass is 9.98. The van der Waals surface area contributed by atoms with Gasteiger partial charge in [0, 0.05) is 23.7 Å². The van der Waals surface area contributed by atoms with E-state index < -0.39 is 37.0 Å². The molecule has 178 valence electrons. The maximum absolute atomic E-state index is 10.9. The molecule has 0 spiro atoms. The van der Waals surface area contributed by atoms with Gasteiger partial charge in [0.05, 0.1) is 18.7 Å². The van der Waals surface area contributed by atoms with E-state index in [1.165, 1.54) is 7.11 Å². The molecule has 1 saturated heterocycles. The van der Waals surface area contributed by atoms with Crippen LogP contribution in [0.1, 0.15) is 36.7 Å². The molecule has 0 radical (unpaired) electrons. The molecule has 0 unspecified atom stereocenters. The number of aromatic nitrogens is 2. The van der Waals surface area contributed by atoms with Gasteiger partial charge in [-0.1, -0.05) is 17.7 Å². The summed E-state index contributed by atoms with van der Waals surface area (Å²) in [5.74, 6) is -2.26. The first kappa shape index (κ1) is 24.7. The van der Waals surface area contributed by atoms with Crippen LogP contribution in [0.5, 0.6) is 11.6 Å². The fourth-order valence-corrected chi connectivity index (χ4v) is 3.97. The summed E-state index contributed by atoms with van der Waals surface area (Å²) >= 11 is 6.24. The zero-order valence-corrected chi connectivity index (χ0v) is 19.0. The van der Waals surface area contributed by atoms with Crippen LogP contribution in [0.2, 0.25) is 5.02 Å². The van der Waals surface area contributed by atoms with Gasteiger partial charge in [0.25, 0.3) is 0 Å². The topological polar surface area (TPSA) is 147 Å². The highest BCUT2D eigenvalue weighted by Gasteiger charge is 2.55. The van der Waals surface area contributed by atoms with Crippen LogP contribution in [0.4, 0.5) is 0 Å². The summed E-state index contributed by atoms with van der Waals surface area (Å²) in [4.78, 5) is 0. The summed E-state index contributed by atoms with van der Waals surface area (Å²) in [7, 11) is 1.52. The van der Waals surface area contributed by atoms with Crippen LogP contribution in [-0.2, 0) is 11.2 Å². The van der Waals surface area contributed by atoms with E-state index in [2.05, 4.69) is 5.10 Å². The average molecular weight is 473 g/mol. The Bertz CT molecular complexity index is 950. The zero-order chi connectivity index (χ0) is 23.8. The normalized spacial score (nSPS) is 28.2. The van der Waals surface area contributed by atoms with Crippen LogP contribution in [0.15, 0.2) is 18.2 Å². The molecule has 5 N–H and O–H groups in total. The molecule has 0 bridgehead atoms. The van der Waals surface area contributed by atoms with Crippen molar-refractivity contribution >= 4 is 11.6 Å².